The van der Waals surface area contributed by atoms with E-state index in [4.69, 9.17) is 27.4 Å². The highest BCUT2D eigenvalue weighted by Crippen LogP contribution is 2.44. The minimum Gasteiger partial charge on any atom is -0.487 e. The van der Waals surface area contributed by atoms with Crippen molar-refractivity contribution in [3.63, 3.8) is 0 Å². The summed E-state index contributed by atoms with van der Waals surface area (Å²) in [5.74, 6) is 1.24. The van der Waals surface area contributed by atoms with E-state index in [9.17, 15) is 4.79 Å². The van der Waals surface area contributed by atoms with Crippen LogP contribution in [0.3, 0.4) is 0 Å². The van der Waals surface area contributed by atoms with Crippen LogP contribution in [0.4, 0.5) is 0 Å². The molecule has 1 aromatic carbocycles. The summed E-state index contributed by atoms with van der Waals surface area (Å²) in [6, 6.07) is 0. The monoisotopic (exact) mass is 321 g/mol. The van der Waals surface area contributed by atoms with Crippen LogP contribution < -0.4 is 15.2 Å². The number of benzene rings is 1. The molecule has 1 aromatic rings. The minimum atomic E-state index is -0.370. The molecule has 0 fully saturated rings. The first-order chi connectivity index (χ1) is 10.1. The Morgan fingerprint density at radius 1 is 1.32 bits per heavy atom. The molecule has 0 aromatic heterocycles. The van der Waals surface area contributed by atoms with Crippen molar-refractivity contribution in [3.8, 4) is 11.5 Å². The van der Waals surface area contributed by atoms with Crippen molar-refractivity contribution in [2.45, 2.75) is 59.5 Å². The second-order valence-electron chi connectivity index (χ2n) is 6.30. The third-order valence-electron chi connectivity index (χ3n) is 4.36. The van der Waals surface area contributed by atoms with Crippen LogP contribution >= 0.6 is 12.2 Å². The van der Waals surface area contributed by atoms with Gasteiger partial charge in [-0.25, -0.2) is 0 Å². The van der Waals surface area contributed by atoms with Crippen LogP contribution in [0.2, 0.25) is 0 Å². The van der Waals surface area contributed by atoms with E-state index in [1.54, 1.807) is 0 Å². The standard InChI is InChI=1S/C17H23NO3S/c1-9-10(2)16-13(11(3)15(9)20-12(4)19)6-7-17(5,21-16)8-14(18)22/h6-8H2,1-5H3,(H2,18,22). The van der Waals surface area contributed by atoms with E-state index in [1.807, 2.05) is 27.7 Å². The highest BCUT2D eigenvalue weighted by Gasteiger charge is 2.35. The van der Waals surface area contributed by atoms with E-state index in [0.29, 0.717) is 17.2 Å². The molecule has 22 heavy (non-hydrogen) atoms. The topological polar surface area (TPSA) is 61.5 Å². The number of hydrogen-bond donors (Lipinski definition) is 1. The highest BCUT2D eigenvalue weighted by atomic mass is 32.1. The molecule has 1 aliphatic rings. The van der Waals surface area contributed by atoms with Gasteiger partial charge in [-0.15, -0.1) is 0 Å². The third-order valence-corrected chi connectivity index (χ3v) is 4.50. The number of nitrogens with two attached hydrogens (primary N) is 1. The summed E-state index contributed by atoms with van der Waals surface area (Å²) < 4.78 is 11.7. The molecule has 1 atom stereocenters. The zero-order chi connectivity index (χ0) is 16.7. The van der Waals surface area contributed by atoms with Gasteiger partial charge in [-0.2, -0.15) is 0 Å². The van der Waals surface area contributed by atoms with Crippen molar-refractivity contribution in [2.24, 2.45) is 5.73 Å². The molecule has 4 nitrogen and oxygen atoms in total. The summed E-state index contributed by atoms with van der Waals surface area (Å²) >= 11 is 5.04. The van der Waals surface area contributed by atoms with Gasteiger partial charge >= 0.3 is 5.97 Å². The van der Waals surface area contributed by atoms with Crippen LogP contribution in [-0.4, -0.2) is 16.6 Å². The van der Waals surface area contributed by atoms with Gasteiger partial charge in [0.2, 0.25) is 0 Å². The lowest BCUT2D eigenvalue weighted by atomic mass is 9.85. The van der Waals surface area contributed by atoms with Crippen molar-refractivity contribution >= 4 is 23.2 Å². The number of carbonyl (C=O) groups excluding carboxylic acids is 1. The Bertz CT molecular complexity index is 654. The van der Waals surface area contributed by atoms with Gasteiger partial charge in [0, 0.05) is 18.9 Å². The van der Waals surface area contributed by atoms with Crippen LogP contribution in [-0.2, 0) is 11.2 Å². The van der Waals surface area contributed by atoms with Crippen LogP contribution in [0.15, 0.2) is 0 Å². The zero-order valence-electron chi connectivity index (χ0n) is 13.8. The van der Waals surface area contributed by atoms with E-state index in [-0.39, 0.29) is 11.6 Å². The predicted molar refractivity (Wildman–Crippen MR) is 90.7 cm³/mol. The summed E-state index contributed by atoms with van der Waals surface area (Å²) in [4.78, 5) is 11.8. The van der Waals surface area contributed by atoms with Gasteiger partial charge in [0.15, 0.2) is 0 Å². The molecule has 0 spiro atoms. The molecule has 0 saturated heterocycles. The number of hydrogen-bond acceptors (Lipinski definition) is 4. The molecule has 0 radical (unpaired) electrons. The van der Waals surface area contributed by atoms with Crippen molar-refractivity contribution in [2.75, 3.05) is 0 Å². The molecule has 0 aliphatic carbocycles. The molecule has 1 heterocycles. The lowest BCUT2D eigenvalue weighted by molar-refractivity contribution is -0.132. The summed E-state index contributed by atoms with van der Waals surface area (Å²) in [5, 5.41) is 0. The van der Waals surface area contributed by atoms with E-state index in [1.165, 1.54) is 6.92 Å². The first-order valence-electron chi connectivity index (χ1n) is 7.43. The summed E-state index contributed by atoms with van der Waals surface area (Å²) in [7, 11) is 0. The second-order valence-corrected chi connectivity index (χ2v) is 6.82. The number of fused-ring (bicyclic) bond motifs is 1. The second kappa shape index (κ2) is 5.88. The summed E-state index contributed by atoms with van der Waals surface area (Å²) in [5.41, 5.74) is 9.36. The smallest absolute Gasteiger partial charge is 0.308 e. The fourth-order valence-electron chi connectivity index (χ4n) is 3.07. The normalized spacial score (nSPS) is 20.0. The van der Waals surface area contributed by atoms with Gasteiger partial charge < -0.3 is 15.2 Å². The predicted octanol–water partition coefficient (Wildman–Crippen LogP) is 3.30. The Labute approximate surface area is 137 Å². The molecule has 1 aliphatic heterocycles. The van der Waals surface area contributed by atoms with E-state index in [2.05, 4.69) is 0 Å². The van der Waals surface area contributed by atoms with Crippen LogP contribution in [0.1, 0.15) is 48.9 Å². The molecule has 0 amide bonds. The lowest BCUT2D eigenvalue weighted by Gasteiger charge is -2.38. The molecular weight excluding hydrogens is 298 g/mol. The van der Waals surface area contributed by atoms with E-state index in [0.717, 1.165) is 40.8 Å². The molecule has 0 saturated carbocycles. The fourth-order valence-corrected chi connectivity index (χ4v) is 3.38. The number of thiocarbonyl (C=S) groups is 1. The Morgan fingerprint density at radius 2 is 1.95 bits per heavy atom. The van der Waals surface area contributed by atoms with Crippen molar-refractivity contribution in [1.82, 2.24) is 0 Å². The fraction of sp³-hybridized carbons (Fsp3) is 0.529. The molecule has 120 valence electrons. The lowest BCUT2D eigenvalue weighted by Crippen LogP contribution is -2.40. The van der Waals surface area contributed by atoms with E-state index < -0.39 is 0 Å². The van der Waals surface area contributed by atoms with Crippen LogP contribution in [0.5, 0.6) is 11.5 Å². The van der Waals surface area contributed by atoms with Crippen LogP contribution in [0.25, 0.3) is 0 Å². The average molecular weight is 321 g/mol. The van der Waals surface area contributed by atoms with E-state index >= 15 is 0 Å². The molecule has 1 unspecified atom stereocenters. The van der Waals surface area contributed by atoms with Gasteiger partial charge in [-0.05, 0) is 57.2 Å². The van der Waals surface area contributed by atoms with Crippen LogP contribution in [0, 0.1) is 20.8 Å². The maximum absolute atomic E-state index is 11.3. The van der Waals surface area contributed by atoms with Gasteiger partial charge in [-0.1, -0.05) is 12.2 Å². The van der Waals surface area contributed by atoms with Crippen molar-refractivity contribution < 1.29 is 14.3 Å². The molecule has 0 bridgehead atoms. The summed E-state index contributed by atoms with van der Waals surface area (Å²) in [6.45, 7) is 9.38. The number of carbonyl (C=O) groups is 1. The first-order valence-corrected chi connectivity index (χ1v) is 7.84. The Balaban J connectivity index is 2.50. The average Bonchev–Trinajstić information content (AvgIpc) is 2.39. The quantitative estimate of drug-likeness (QED) is 0.526. The number of rotatable bonds is 3. The minimum absolute atomic E-state index is 0.305. The van der Waals surface area contributed by atoms with Crippen molar-refractivity contribution in [1.29, 1.82) is 0 Å². The summed E-state index contributed by atoms with van der Waals surface area (Å²) in [6.07, 6.45) is 2.25. The maximum atomic E-state index is 11.3. The number of ether oxygens (including phenoxy) is 2. The molecular formula is C17H23NO3S. The van der Waals surface area contributed by atoms with Gasteiger partial charge in [0.25, 0.3) is 0 Å². The van der Waals surface area contributed by atoms with Gasteiger partial charge in [0.05, 0.1) is 4.99 Å². The maximum Gasteiger partial charge on any atom is 0.308 e. The molecule has 5 heteroatoms. The van der Waals surface area contributed by atoms with Gasteiger partial charge in [-0.3, -0.25) is 4.79 Å². The highest BCUT2D eigenvalue weighted by molar-refractivity contribution is 7.80. The Hall–Kier alpha value is -1.62. The largest absolute Gasteiger partial charge is 0.487 e. The third kappa shape index (κ3) is 3.09. The first kappa shape index (κ1) is 16.7. The van der Waals surface area contributed by atoms with Crippen molar-refractivity contribution in [3.05, 3.63) is 22.3 Å². The SMILES string of the molecule is CC(=O)Oc1c(C)c(C)c2c(c1C)CCC(C)(CC(N)=S)O2. The molecule has 2 N–H and O–H groups in total. The molecule has 2 rings (SSSR count). The Kier molecular flexibility index (Phi) is 4.47. The Morgan fingerprint density at radius 3 is 2.50 bits per heavy atom. The number of esters is 1. The van der Waals surface area contributed by atoms with Gasteiger partial charge in [0.1, 0.15) is 17.1 Å². The zero-order valence-corrected chi connectivity index (χ0v) is 14.6.